The number of carbonyl (C=O) groups is 2. The van der Waals surface area contributed by atoms with Crippen LogP contribution >= 0.6 is 0 Å². The molecule has 0 unspecified atom stereocenters. The monoisotopic (exact) mass is 380 g/mol. The molecular weight excluding hydrogens is 363 g/mol. The second-order valence-electron chi connectivity index (χ2n) is 5.27. The number of ether oxygens (including phenoxy) is 1. The highest BCUT2D eigenvalue weighted by atomic mass is 32.2. The fraction of sp³-hybridized carbons (Fsp3) is 0.176. The SMILES string of the molecule is CNC(=O)[C@@H](C)OC(=O)c1cccc(S(=O)(=O)Nc2ccccc2F)c1. The lowest BCUT2D eigenvalue weighted by molar-refractivity contribution is -0.128. The number of esters is 1. The second kappa shape index (κ2) is 7.96. The van der Waals surface area contributed by atoms with E-state index in [1.165, 1.54) is 50.4 Å². The predicted octanol–water partition coefficient (Wildman–Crippen LogP) is 1.92. The molecule has 7 nitrogen and oxygen atoms in total. The van der Waals surface area contributed by atoms with Crippen molar-refractivity contribution in [1.29, 1.82) is 0 Å². The topological polar surface area (TPSA) is 102 Å². The quantitative estimate of drug-likeness (QED) is 0.746. The molecule has 1 amide bonds. The number of anilines is 1. The van der Waals surface area contributed by atoms with E-state index in [2.05, 4.69) is 10.0 Å². The lowest BCUT2D eigenvalue weighted by Gasteiger charge is -2.13. The fourth-order valence-electron chi connectivity index (χ4n) is 2.02. The average Bonchev–Trinajstić information content (AvgIpc) is 2.62. The number of hydrogen-bond acceptors (Lipinski definition) is 5. The summed E-state index contributed by atoms with van der Waals surface area (Å²) in [6.45, 7) is 1.39. The first-order chi connectivity index (χ1) is 12.2. The van der Waals surface area contributed by atoms with Crippen LogP contribution < -0.4 is 10.0 Å². The number of benzene rings is 2. The lowest BCUT2D eigenvalue weighted by Crippen LogP contribution is -2.33. The van der Waals surface area contributed by atoms with Gasteiger partial charge in [-0.1, -0.05) is 18.2 Å². The first-order valence-corrected chi connectivity index (χ1v) is 9.03. The maximum absolute atomic E-state index is 13.7. The van der Waals surface area contributed by atoms with Crippen LogP contribution in [0.15, 0.2) is 53.4 Å². The third-order valence-electron chi connectivity index (χ3n) is 3.40. The molecule has 138 valence electrons. The van der Waals surface area contributed by atoms with Gasteiger partial charge in [0.25, 0.3) is 15.9 Å². The lowest BCUT2D eigenvalue weighted by atomic mass is 10.2. The van der Waals surface area contributed by atoms with Gasteiger partial charge in [-0.25, -0.2) is 17.6 Å². The van der Waals surface area contributed by atoms with Crippen molar-refractivity contribution >= 4 is 27.6 Å². The van der Waals surface area contributed by atoms with Gasteiger partial charge in [-0.3, -0.25) is 9.52 Å². The fourth-order valence-corrected chi connectivity index (χ4v) is 3.14. The minimum atomic E-state index is -4.12. The number of amides is 1. The summed E-state index contributed by atoms with van der Waals surface area (Å²) >= 11 is 0. The zero-order valence-corrected chi connectivity index (χ0v) is 14.8. The molecule has 0 aromatic heterocycles. The number of rotatable bonds is 6. The highest BCUT2D eigenvalue weighted by Crippen LogP contribution is 2.20. The van der Waals surface area contributed by atoms with Crippen molar-refractivity contribution < 1.29 is 27.1 Å². The van der Waals surface area contributed by atoms with Gasteiger partial charge in [-0.05, 0) is 37.3 Å². The Balaban J connectivity index is 2.24. The number of halogens is 1. The molecule has 2 aromatic rings. The molecule has 2 aromatic carbocycles. The van der Waals surface area contributed by atoms with E-state index in [9.17, 15) is 22.4 Å². The van der Waals surface area contributed by atoms with Gasteiger partial charge in [0.1, 0.15) is 5.82 Å². The van der Waals surface area contributed by atoms with Gasteiger partial charge < -0.3 is 10.1 Å². The number of para-hydroxylation sites is 1. The molecule has 1 atom stereocenters. The van der Waals surface area contributed by atoms with Crippen LogP contribution in [0.5, 0.6) is 0 Å². The van der Waals surface area contributed by atoms with E-state index in [0.29, 0.717) is 0 Å². The van der Waals surface area contributed by atoms with Crippen molar-refractivity contribution in [2.24, 2.45) is 0 Å². The minimum absolute atomic E-state index is 0.0582. The Morgan fingerprint density at radius 1 is 1.12 bits per heavy atom. The summed E-state index contributed by atoms with van der Waals surface area (Å²) in [4.78, 5) is 23.3. The van der Waals surface area contributed by atoms with Gasteiger partial charge in [0.15, 0.2) is 6.10 Å². The number of likely N-dealkylation sites (N-methyl/N-ethyl adjacent to an activating group) is 1. The highest BCUT2D eigenvalue weighted by Gasteiger charge is 2.21. The minimum Gasteiger partial charge on any atom is -0.449 e. The summed E-state index contributed by atoms with van der Waals surface area (Å²) in [5, 5.41) is 2.33. The van der Waals surface area contributed by atoms with Gasteiger partial charge in [0.05, 0.1) is 16.1 Å². The third kappa shape index (κ3) is 4.57. The molecule has 0 aliphatic heterocycles. The maximum Gasteiger partial charge on any atom is 0.338 e. The molecule has 0 fully saturated rings. The Morgan fingerprint density at radius 2 is 1.81 bits per heavy atom. The Hall–Kier alpha value is -2.94. The molecule has 9 heteroatoms. The molecule has 0 saturated carbocycles. The second-order valence-corrected chi connectivity index (χ2v) is 6.96. The molecule has 2 N–H and O–H groups in total. The van der Waals surface area contributed by atoms with E-state index in [-0.39, 0.29) is 16.1 Å². The van der Waals surface area contributed by atoms with Crippen molar-refractivity contribution in [3.05, 3.63) is 59.9 Å². The summed E-state index contributed by atoms with van der Waals surface area (Å²) < 4.78 is 45.6. The van der Waals surface area contributed by atoms with Gasteiger partial charge >= 0.3 is 5.97 Å². The van der Waals surface area contributed by atoms with Crippen LogP contribution in [0.3, 0.4) is 0 Å². The summed E-state index contributed by atoms with van der Waals surface area (Å²) in [6, 6.07) is 10.3. The van der Waals surface area contributed by atoms with Crippen LogP contribution in [-0.2, 0) is 19.6 Å². The number of nitrogens with one attached hydrogen (secondary N) is 2. The molecule has 0 spiro atoms. The highest BCUT2D eigenvalue weighted by molar-refractivity contribution is 7.92. The van der Waals surface area contributed by atoms with E-state index in [1.807, 2.05) is 0 Å². The van der Waals surface area contributed by atoms with Gasteiger partial charge in [-0.2, -0.15) is 0 Å². The van der Waals surface area contributed by atoms with Crippen molar-refractivity contribution in [1.82, 2.24) is 5.32 Å². The van der Waals surface area contributed by atoms with Crippen LogP contribution in [0.25, 0.3) is 0 Å². The first-order valence-electron chi connectivity index (χ1n) is 7.54. The summed E-state index contributed by atoms with van der Waals surface area (Å²) in [5.74, 6) is -2.08. The van der Waals surface area contributed by atoms with Gasteiger partial charge in [0.2, 0.25) is 0 Å². The maximum atomic E-state index is 13.7. The van der Waals surface area contributed by atoms with Crippen LogP contribution in [0.4, 0.5) is 10.1 Å². The molecule has 2 rings (SSSR count). The Bertz CT molecular complexity index is 930. The molecule has 26 heavy (non-hydrogen) atoms. The standard InChI is InChI=1S/C17H17FN2O5S/c1-11(16(21)19-2)25-17(22)12-6-5-7-13(10-12)26(23,24)20-15-9-4-3-8-14(15)18/h3-11,20H,1-2H3,(H,19,21)/t11-/m1/s1. The molecule has 0 aliphatic rings. The summed E-state index contributed by atoms with van der Waals surface area (Å²) in [6.07, 6.45) is -1.04. The third-order valence-corrected chi connectivity index (χ3v) is 4.76. The molecule has 0 bridgehead atoms. The summed E-state index contributed by atoms with van der Waals surface area (Å²) in [7, 11) is -2.72. The Kier molecular flexibility index (Phi) is 5.93. The zero-order valence-electron chi connectivity index (χ0n) is 14.0. The number of sulfonamides is 1. The number of carbonyl (C=O) groups excluding carboxylic acids is 2. The van der Waals surface area contributed by atoms with Crippen molar-refractivity contribution in [2.75, 3.05) is 11.8 Å². The van der Waals surface area contributed by atoms with Crippen molar-refractivity contribution in [3.8, 4) is 0 Å². The van der Waals surface area contributed by atoms with E-state index in [1.54, 1.807) is 0 Å². The van der Waals surface area contributed by atoms with Crippen LogP contribution in [-0.4, -0.2) is 33.4 Å². The van der Waals surface area contributed by atoms with E-state index in [0.717, 1.165) is 12.1 Å². The molecular formula is C17H17FN2O5S. The normalized spacial score (nSPS) is 12.1. The van der Waals surface area contributed by atoms with Gasteiger partial charge in [-0.15, -0.1) is 0 Å². The average molecular weight is 380 g/mol. The summed E-state index contributed by atoms with van der Waals surface area (Å²) in [5.41, 5.74) is -0.272. The first kappa shape index (κ1) is 19.4. The van der Waals surface area contributed by atoms with Crippen molar-refractivity contribution in [2.45, 2.75) is 17.9 Å². The number of hydrogen-bond donors (Lipinski definition) is 2. The zero-order chi connectivity index (χ0) is 19.3. The van der Waals surface area contributed by atoms with Crippen LogP contribution in [0.1, 0.15) is 17.3 Å². The molecule has 0 heterocycles. The van der Waals surface area contributed by atoms with Crippen LogP contribution in [0, 0.1) is 5.82 Å². The van der Waals surface area contributed by atoms with Gasteiger partial charge in [0, 0.05) is 7.05 Å². The van der Waals surface area contributed by atoms with Crippen molar-refractivity contribution in [3.63, 3.8) is 0 Å². The van der Waals surface area contributed by atoms with E-state index in [4.69, 9.17) is 4.74 Å². The Morgan fingerprint density at radius 3 is 2.46 bits per heavy atom. The largest absolute Gasteiger partial charge is 0.449 e. The molecule has 0 aliphatic carbocycles. The van der Waals surface area contributed by atoms with E-state index < -0.39 is 33.8 Å². The Labute approximate surface area is 150 Å². The molecule has 0 saturated heterocycles. The smallest absolute Gasteiger partial charge is 0.338 e. The predicted molar refractivity (Wildman–Crippen MR) is 92.6 cm³/mol. The van der Waals surface area contributed by atoms with Crippen LogP contribution in [0.2, 0.25) is 0 Å². The van der Waals surface area contributed by atoms with E-state index >= 15 is 0 Å². The molecule has 0 radical (unpaired) electrons.